The number of rotatable bonds is 8. The molecule has 0 spiro atoms. The van der Waals surface area contributed by atoms with Crippen molar-refractivity contribution in [2.45, 2.75) is 58.1 Å². The lowest BCUT2D eigenvalue weighted by molar-refractivity contribution is -0.148. The van der Waals surface area contributed by atoms with Gasteiger partial charge in [0.25, 0.3) is 5.91 Å². The van der Waals surface area contributed by atoms with Crippen molar-refractivity contribution in [2.75, 3.05) is 20.8 Å². The van der Waals surface area contributed by atoms with Crippen LogP contribution in [0.25, 0.3) is 11.0 Å². The number of nitrogens with zero attached hydrogens (tertiary/aromatic N) is 3. The fraction of sp³-hybridized carbons (Fsp3) is 0.481. The van der Waals surface area contributed by atoms with E-state index in [0.717, 1.165) is 11.3 Å². The molecule has 4 rings (SSSR count). The summed E-state index contributed by atoms with van der Waals surface area (Å²) in [6.07, 6.45) is 3.13. The van der Waals surface area contributed by atoms with Crippen LogP contribution >= 0.6 is 0 Å². The fourth-order valence-electron chi connectivity index (χ4n) is 5.21. The van der Waals surface area contributed by atoms with Crippen molar-refractivity contribution >= 4 is 22.9 Å². The number of fused-ring (bicyclic) bond motifs is 1. The molecule has 10 heteroatoms. The summed E-state index contributed by atoms with van der Waals surface area (Å²) in [5, 5.41) is 8.33. The van der Waals surface area contributed by atoms with Crippen molar-refractivity contribution in [3.63, 3.8) is 0 Å². The van der Waals surface area contributed by atoms with E-state index in [-0.39, 0.29) is 29.9 Å². The highest BCUT2D eigenvalue weighted by molar-refractivity contribution is 6.02. The Balaban J connectivity index is 1.67. The lowest BCUT2D eigenvalue weighted by atomic mass is 9.78. The van der Waals surface area contributed by atoms with Crippen molar-refractivity contribution < 1.29 is 28.5 Å². The van der Waals surface area contributed by atoms with Crippen LogP contribution in [0.1, 0.15) is 60.6 Å². The molecule has 2 heterocycles. The quantitative estimate of drug-likeness (QED) is 0.457. The number of benzene rings is 1. The molecule has 1 N–H and O–H groups in total. The molecule has 0 radical (unpaired) electrons. The monoisotopic (exact) mass is 510 g/mol. The molecule has 1 aromatic carbocycles. The zero-order valence-electron chi connectivity index (χ0n) is 22.2. The number of carbonyl (C=O) groups is 2. The van der Waals surface area contributed by atoms with Gasteiger partial charge in [0.2, 0.25) is 0 Å². The Morgan fingerprint density at radius 1 is 1.16 bits per heavy atom. The lowest BCUT2D eigenvalue weighted by Crippen LogP contribution is -2.44. The second-order valence-electron chi connectivity index (χ2n) is 9.19. The molecule has 198 valence electrons. The zero-order chi connectivity index (χ0) is 26.7. The third-order valence-corrected chi connectivity index (χ3v) is 6.80. The van der Waals surface area contributed by atoms with Crippen LogP contribution in [0.3, 0.4) is 0 Å². The molecule has 0 aliphatic heterocycles. The number of ether oxygens (including phenoxy) is 4. The van der Waals surface area contributed by atoms with Crippen LogP contribution in [-0.4, -0.2) is 59.6 Å². The van der Waals surface area contributed by atoms with Crippen molar-refractivity contribution in [2.24, 2.45) is 7.05 Å². The Bertz CT molecular complexity index is 1300. The largest absolute Gasteiger partial charge is 0.495 e. The molecule has 1 amide bonds. The van der Waals surface area contributed by atoms with Gasteiger partial charge in [-0.1, -0.05) is 6.07 Å². The molecular weight excluding hydrogens is 476 g/mol. The smallest absolute Gasteiger partial charge is 0.302 e. The fourth-order valence-corrected chi connectivity index (χ4v) is 5.21. The van der Waals surface area contributed by atoms with Gasteiger partial charge in [-0.2, -0.15) is 5.10 Å². The summed E-state index contributed by atoms with van der Waals surface area (Å²) >= 11 is 0. The number of aromatic nitrogens is 3. The maximum absolute atomic E-state index is 13.6. The Morgan fingerprint density at radius 2 is 1.95 bits per heavy atom. The lowest BCUT2D eigenvalue weighted by Gasteiger charge is -2.36. The van der Waals surface area contributed by atoms with Crippen molar-refractivity contribution in [1.29, 1.82) is 0 Å². The summed E-state index contributed by atoms with van der Waals surface area (Å²) in [7, 11) is 4.94. The molecule has 0 saturated heterocycles. The van der Waals surface area contributed by atoms with Gasteiger partial charge in [0.05, 0.1) is 31.9 Å². The zero-order valence-corrected chi connectivity index (χ0v) is 22.2. The van der Waals surface area contributed by atoms with Gasteiger partial charge in [-0.3, -0.25) is 14.3 Å². The van der Waals surface area contributed by atoms with Crippen LogP contribution in [-0.2, 0) is 16.6 Å². The van der Waals surface area contributed by atoms with Crippen LogP contribution < -0.4 is 19.5 Å². The molecule has 10 nitrogen and oxygen atoms in total. The minimum atomic E-state index is -0.313. The van der Waals surface area contributed by atoms with Crippen LogP contribution in [0.5, 0.6) is 17.2 Å². The van der Waals surface area contributed by atoms with Crippen LogP contribution in [0.15, 0.2) is 24.4 Å². The topological polar surface area (TPSA) is 114 Å². The molecule has 1 fully saturated rings. The van der Waals surface area contributed by atoms with Crippen LogP contribution in [0.2, 0.25) is 0 Å². The minimum Gasteiger partial charge on any atom is -0.495 e. The molecule has 37 heavy (non-hydrogen) atoms. The molecule has 1 aliphatic rings. The van der Waals surface area contributed by atoms with E-state index in [0.29, 0.717) is 59.7 Å². The normalized spacial score (nSPS) is 19.4. The first-order valence-corrected chi connectivity index (χ1v) is 12.4. The SMILES string of the molecule is CCOc1cc([C@H]2C[C@H](OC(C)=O)CC[C@H]2NC(=O)c2cnc3c(c(C)nn3C)c2OC)ccc1OC. The molecule has 2 aromatic heterocycles. The number of nitrogens with one attached hydrogen (secondary N) is 1. The van der Waals surface area contributed by atoms with E-state index in [2.05, 4.69) is 15.4 Å². The maximum atomic E-state index is 13.6. The minimum absolute atomic E-state index is 0.116. The van der Waals surface area contributed by atoms with Gasteiger partial charge < -0.3 is 24.3 Å². The number of hydrogen-bond acceptors (Lipinski definition) is 8. The van der Waals surface area contributed by atoms with E-state index in [9.17, 15) is 9.59 Å². The second kappa shape index (κ2) is 11.1. The number of pyridine rings is 1. The highest BCUT2D eigenvalue weighted by Gasteiger charge is 2.35. The average molecular weight is 511 g/mol. The second-order valence-corrected chi connectivity index (χ2v) is 9.19. The Hall–Kier alpha value is -3.82. The standard InChI is InChI=1S/C27H34N4O6/c1-7-36-23-12-17(8-11-22(23)34-5)19-13-18(37-16(3)32)9-10-21(19)29-27(33)20-14-28-26-24(25(20)35-6)15(2)30-31(26)4/h8,11-12,14,18-19,21H,7,9-10,13H2,1-6H3,(H,29,33)/t18-,19-,21-/m1/s1. The van der Waals surface area contributed by atoms with E-state index in [1.165, 1.54) is 20.2 Å². The van der Waals surface area contributed by atoms with Crippen LogP contribution in [0.4, 0.5) is 0 Å². The molecule has 3 aromatic rings. The van der Waals surface area contributed by atoms with Gasteiger partial charge in [0.15, 0.2) is 17.1 Å². The van der Waals surface area contributed by atoms with Gasteiger partial charge >= 0.3 is 5.97 Å². The third-order valence-electron chi connectivity index (χ3n) is 6.80. The van der Waals surface area contributed by atoms with E-state index >= 15 is 0 Å². The highest BCUT2D eigenvalue weighted by Crippen LogP contribution is 2.39. The predicted molar refractivity (Wildman–Crippen MR) is 137 cm³/mol. The summed E-state index contributed by atoms with van der Waals surface area (Å²) in [5.74, 6) is 0.997. The van der Waals surface area contributed by atoms with Gasteiger partial charge in [0, 0.05) is 32.1 Å². The molecule has 0 unspecified atom stereocenters. The van der Waals surface area contributed by atoms with Crippen molar-refractivity contribution in [3.05, 3.63) is 41.2 Å². The summed E-state index contributed by atoms with van der Waals surface area (Å²) in [6, 6.07) is 5.56. The number of aryl methyl sites for hydroxylation is 2. The van der Waals surface area contributed by atoms with Gasteiger partial charge in [-0.25, -0.2) is 4.98 Å². The number of esters is 1. The molecule has 0 bridgehead atoms. The first-order valence-electron chi connectivity index (χ1n) is 12.4. The Labute approximate surface area is 216 Å². The third kappa shape index (κ3) is 5.33. The van der Waals surface area contributed by atoms with Crippen LogP contribution in [0, 0.1) is 6.92 Å². The molecule has 1 aliphatic carbocycles. The van der Waals surface area contributed by atoms with Gasteiger partial charge in [-0.05, 0) is 50.8 Å². The van der Waals surface area contributed by atoms with Gasteiger partial charge in [0.1, 0.15) is 17.4 Å². The number of hydrogen-bond donors (Lipinski definition) is 1. The van der Waals surface area contributed by atoms with E-state index in [1.807, 2.05) is 32.0 Å². The molecule has 3 atom stereocenters. The van der Waals surface area contributed by atoms with E-state index < -0.39 is 0 Å². The Kier molecular flexibility index (Phi) is 7.85. The summed E-state index contributed by atoms with van der Waals surface area (Å²) in [6.45, 7) is 5.68. The molecule has 1 saturated carbocycles. The van der Waals surface area contributed by atoms with Gasteiger partial charge in [-0.15, -0.1) is 0 Å². The maximum Gasteiger partial charge on any atom is 0.302 e. The number of amides is 1. The highest BCUT2D eigenvalue weighted by atomic mass is 16.5. The Morgan fingerprint density at radius 3 is 2.62 bits per heavy atom. The number of methoxy groups -OCH3 is 2. The average Bonchev–Trinajstić information content (AvgIpc) is 3.17. The van der Waals surface area contributed by atoms with Crippen molar-refractivity contribution in [3.8, 4) is 17.2 Å². The predicted octanol–water partition coefficient (Wildman–Crippen LogP) is 3.69. The summed E-state index contributed by atoms with van der Waals surface area (Å²) in [4.78, 5) is 29.7. The van der Waals surface area contributed by atoms with E-state index in [4.69, 9.17) is 18.9 Å². The number of carbonyl (C=O) groups excluding carboxylic acids is 2. The first-order chi connectivity index (χ1) is 17.8. The first kappa shape index (κ1) is 26.2. The van der Waals surface area contributed by atoms with Crippen molar-refractivity contribution in [1.82, 2.24) is 20.1 Å². The summed E-state index contributed by atoms with van der Waals surface area (Å²) < 4.78 is 24.1. The summed E-state index contributed by atoms with van der Waals surface area (Å²) in [5.41, 5.74) is 2.69. The molecular formula is C27H34N4O6. The van der Waals surface area contributed by atoms with E-state index in [1.54, 1.807) is 18.8 Å².